The Bertz CT molecular complexity index is 658. The van der Waals surface area contributed by atoms with Gasteiger partial charge in [-0.2, -0.15) is 0 Å². The van der Waals surface area contributed by atoms with Crippen molar-refractivity contribution >= 4 is 17.8 Å². The third-order valence-corrected chi connectivity index (χ3v) is 2.77. The molecule has 3 rings (SSSR count). The van der Waals surface area contributed by atoms with Gasteiger partial charge in [0.15, 0.2) is 0 Å². The summed E-state index contributed by atoms with van der Waals surface area (Å²) in [6.45, 7) is 0. The number of ether oxygens (including phenoxy) is 1. The molecule has 0 amide bonds. The first-order chi connectivity index (χ1) is 9.33. The maximum absolute atomic E-state index is 11.8. The molecule has 0 N–H and O–H groups in total. The number of pyridine rings is 1. The van der Waals surface area contributed by atoms with Gasteiger partial charge in [-0.25, -0.2) is 4.79 Å². The number of aromatic nitrogens is 1. The highest BCUT2D eigenvalue weighted by Gasteiger charge is 2.21. The van der Waals surface area contributed by atoms with Crippen LogP contribution in [0.4, 0.5) is 0 Å². The van der Waals surface area contributed by atoms with Crippen LogP contribution >= 0.6 is 0 Å². The van der Waals surface area contributed by atoms with E-state index in [1.54, 1.807) is 18.3 Å². The number of carbonyl (C=O) groups excluding carboxylic acids is 1. The Morgan fingerprint density at radius 2 is 1.79 bits per heavy atom. The number of carbonyl (C=O) groups is 1. The number of nitrogens with zero attached hydrogens (tertiary/aromatic N) is 1. The van der Waals surface area contributed by atoms with Gasteiger partial charge in [-0.15, -0.1) is 0 Å². The highest BCUT2D eigenvalue weighted by atomic mass is 16.5. The van der Waals surface area contributed by atoms with Crippen LogP contribution < -0.4 is 0 Å². The first kappa shape index (κ1) is 11.4. The molecule has 0 saturated heterocycles. The Morgan fingerprint density at radius 3 is 2.53 bits per heavy atom. The van der Waals surface area contributed by atoms with Crippen molar-refractivity contribution in [2.45, 2.75) is 0 Å². The number of benzene rings is 1. The van der Waals surface area contributed by atoms with E-state index < -0.39 is 0 Å². The van der Waals surface area contributed by atoms with E-state index in [-0.39, 0.29) is 5.97 Å². The molecule has 0 spiro atoms. The normalized spacial score (nSPS) is 16.3. The average Bonchev–Trinajstić information content (AvgIpc) is 2.82. The summed E-state index contributed by atoms with van der Waals surface area (Å²) in [7, 11) is 0. The second kappa shape index (κ2) is 4.90. The van der Waals surface area contributed by atoms with Crippen molar-refractivity contribution in [1.82, 2.24) is 4.98 Å². The van der Waals surface area contributed by atoms with Crippen LogP contribution in [0.15, 0.2) is 66.4 Å². The Labute approximate surface area is 110 Å². The molecule has 3 nitrogen and oxygen atoms in total. The highest BCUT2D eigenvalue weighted by Crippen LogP contribution is 2.26. The highest BCUT2D eigenvalue weighted by molar-refractivity contribution is 6.04. The van der Waals surface area contributed by atoms with Crippen molar-refractivity contribution < 1.29 is 9.53 Å². The first-order valence-corrected chi connectivity index (χ1v) is 5.95. The van der Waals surface area contributed by atoms with Crippen LogP contribution in [0.25, 0.3) is 11.8 Å². The first-order valence-electron chi connectivity index (χ1n) is 5.95. The minimum atomic E-state index is -0.343. The van der Waals surface area contributed by atoms with E-state index in [2.05, 4.69) is 4.98 Å². The number of hydrogen-bond donors (Lipinski definition) is 0. The van der Waals surface area contributed by atoms with Crippen molar-refractivity contribution in [3.8, 4) is 0 Å². The van der Waals surface area contributed by atoms with Crippen molar-refractivity contribution in [1.29, 1.82) is 0 Å². The summed E-state index contributed by atoms with van der Waals surface area (Å²) in [5, 5.41) is 0. The maximum Gasteiger partial charge on any atom is 0.343 e. The molecule has 0 unspecified atom stereocenters. The summed E-state index contributed by atoms with van der Waals surface area (Å²) in [5.74, 6) is 0.234. The molecule has 0 radical (unpaired) electrons. The lowest BCUT2D eigenvalue weighted by molar-refractivity contribution is -0.130. The number of hydrogen-bond acceptors (Lipinski definition) is 3. The van der Waals surface area contributed by atoms with E-state index in [1.807, 2.05) is 48.5 Å². The summed E-state index contributed by atoms with van der Waals surface area (Å²) in [6, 6.07) is 15.1. The third kappa shape index (κ3) is 2.45. The van der Waals surface area contributed by atoms with Crippen molar-refractivity contribution in [3.05, 3.63) is 77.6 Å². The molecule has 1 aliphatic rings. The monoisotopic (exact) mass is 249 g/mol. The molecule has 0 aliphatic carbocycles. The molecule has 0 fully saturated rings. The van der Waals surface area contributed by atoms with E-state index >= 15 is 0 Å². The molecule has 0 atom stereocenters. The number of esters is 1. The lowest BCUT2D eigenvalue weighted by Gasteiger charge is -1.99. The van der Waals surface area contributed by atoms with Gasteiger partial charge in [0.25, 0.3) is 0 Å². The Hall–Kier alpha value is -2.68. The summed E-state index contributed by atoms with van der Waals surface area (Å²) in [4.78, 5) is 16.0. The van der Waals surface area contributed by atoms with Gasteiger partial charge in [-0.05, 0) is 24.3 Å². The fourth-order valence-corrected chi connectivity index (χ4v) is 1.85. The van der Waals surface area contributed by atoms with Gasteiger partial charge < -0.3 is 4.74 Å². The molecule has 1 aromatic carbocycles. The molecule has 19 heavy (non-hydrogen) atoms. The molecule has 3 heteroatoms. The Balaban J connectivity index is 1.94. The van der Waals surface area contributed by atoms with Crippen LogP contribution in [0, 0.1) is 0 Å². The molecule has 2 aromatic rings. The van der Waals surface area contributed by atoms with Crippen molar-refractivity contribution in [3.63, 3.8) is 0 Å². The average molecular weight is 249 g/mol. The van der Waals surface area contributed by atoms with Crippen LogP contribution in [-0.2, 0) is 9.53 Å². The van der Waals surface area contributed by atoms with Gasteiger partial charge in [0.2, 0.25) is 0 Å². The molecule has 0 saturated carbocycles. The van der Waals surface area contributed by atoms with Crippen molar-refractivity contribution in [2.75, 3.05) is 0 Å². The number of cyclic esters (lactones) is 1. The molecule has 92 valence electrons. The topological polar surface area (TPSA) is 39.2 Å². The summed E-state index contributed by atoms with van der Waals surface area (Å²) >= 11 is 0. The van der Waals surface area contributed by atoms with Gasteiger partial charge in [-0.3, -0.25) is 4.98 Å². The molecular weight excluding hydrogens is 238 g/mol. The predicted octanol–water partition coefficient (Wildman–Crippen LogP) is 3.06. The smallest absolute Gasteiger partial charge is 0.343 e. The lowest BCUT2D eigenvalue weighted by atomic mass is 10.1. The quantitative estimate of drug-likeness (QED) is 0.606. The van der Waals surface area contributed by atoms with E-state index in [9.17, 15) is 4.79 Å². The van der Waals surface area contributed by atoms with E-state index in [0.717, 1.165) is 11.3 Å². The second-order valence-corrected chi connectivity index (χ2v) is 4.12. The third-order valence-electron chi connectivity index (χ3n) is 2.77. The van der Waals surface area contributed by atoms with Gasteiger partial charge >= 0.3 is 5.97 Å². The van der Waals surface area contributed by atoms with Crippen LogP contribution in [0.2, 0.25) is 0 Å². The van der Waals surface area contributed by atoms with Crippen LogP contribution in [-0.4, -0.2) is 11.0 Å². The SMILES string of the molecule is O=C1OC(c2ccccc2)=C/C1=C/c1ccccn1. The van der Waals surface area contributed by atoms with E-state index in [0.29, 0.717) is 11.3 Å². The fraction of sp³-hybridized carbons (Fsp3) is 0. The zero-order valence-electron chi connectivity index (χ0n) is 10.1. The number of rotatable bonds is 2. The molecule has 2 heterocycles. The largest absolute Gasteiger partial charge is 0.422 e. The minimum Gasteiger partial charge on any atom is -0.422 e. The van der Waals surface area contributed by atoms with Gasteiger partial charge in [0, 0.05) is 11.8 Å². The van der Waals surface area contributed by atoms with Gasteiger partial charge in [0.05, 0.1) is 11.3 Å². The Kier molecular flexibility index (Phi) is 2.94. The van der Waals surface area contributed by atoms with Crippen LogP contribution in [0.3, 0.4) is 0 Å². The predicted molar refractivity (Wildman–Crippen MR) is 72.7 cm³/mol. The van der Waals surface area contributed by atoms with Crippen molar-refractivity contribution in [2.24, 2.45) is 0 Å². The zero-order chi connectivity index (χ0) is 13.1. The minimum absolute atomic E-state index is 0.343. The van der Waals surface area contributed by atoms with Crippen LogP contribution in [0.5, 0.6) is 0 Å². The second-order valence-electron chi connectivity index (χ2n) is 4.12. The standard InChI is InChI=1S/C16H11NO2/c18-16-13(10-14-8-4-5-9-17-14)11-15(19-16)12-6-2-1-3-7-12/h1-11H/b13-10-. The molecule has 1 aromatic heterocycles. The Morgan fingerprint density at radius 1 is 1.00 bits per heavy atom. The summed E-state index contributed by atoms with van der Waals surface area (Å²) in [6.07, 6.45) is 5.15. The lowest BCUT2D eigenvalue weighted by Crippen LogP contribution is -1.97. The molecule has 1 aliphatic heterocycles. The van der Waals surface area contributed by atoms with E-state index in [1.165, 1.54) is 0 Å². The summed E-state index contributed by atoms with van der Waals surface area (Å²) in [5.41, 5.74) is 2.14. The van der Waals surface area contributed by atoms with Gasteiger partial charge in [-0.1, -0.05) is 36.4 Å². The van der Waals surface area contributed by atoms with Gasteiger partial charge in [0.1, 0.15) is 5.76 Å². The van der Waals surface area contributed by atoms with E-state index in [4.69, 9.17) is 4.74 Å². The molecule has 0 bridgehead atoms. The zero-order valence-corrected chi connectivity index (χ0v) is 10.1. The summed E-state index contributed by atoms with van der Waals surface area (Å²) < 4.78 is 5.26. The maximum atomic E-state index is 11.8. The van der Waals surface area contributed by atoms with Crippen LogP contribution in [0.1, 0.15) is 11.3 Å². The molecular formula is C16H11NO2. The fourth-order valence-electron chi connectivity index (χ4n) is 1.85.